The zero-order valence-electron chi connectivity index (χ0n) is 14.3. The Balaban J connectivity index is 2.45. The molecule has 0 aromatic heterocycles. The number of thioether (sulfide) groups is 1. The van der Waals surface area contributed by atoms with Crippen LogP contribution in [0.25, 0.3) is 0 Å². The van der Waals surface area contributed by atoms with Crippen LogP contribution in [0.2, 0.25) is 0 Å². The first kappa shape index (κ1) is 20.0. The molecule has 1 rings (SSSR count). The van der Waals surface area contributed by atoms with Crippen LogP contribution < -0.4 is 5.32 Å². The van der Waals surface area contributed by atoms with E-state index in [-0.39, 0.29) is 30.0 Å². The number of nitrogens with zero attached hydrogens (tertiary/aromatic N) is 1. The van der Waals surface area contributed by atoms with Crippen molar-refractivity contribution in [2.24, 2.45) is 0 Å². The van der Waals surface area contributed by atoms with E-state index < -0.39 is 0 Å². The largest absolute Gasteiger partial charge is 0.469 e. The fourth-order valence-electron chi connectivity index (χ4n) is 2.01. The van der Waals surface area contributed by atoms with E-state index in [9.17, 15) is 14.4 Å². The van der Waals surface area contributed by atoms with Gasteiger partial charge in [-0.25, -0.2) is 0 Å². The third kappa shape index (κ3) is 6.62. The topological polar surface area (TPSA) is 75.7 Å². The summed E-state index contributed by atoms with van der Waals surface area (Å²) < 4.78 is 4.53. The number of amides is 2. The number of carbonyl (C=O) groups excluding carboxylic acids is 3. The first-order valence-corrected chi connectivity index (χ1v) is 9.01. The molecule has 1 aromatic rings. The van der Waals surface area contributed by atoms with Gasteiger partial charge in [-0.2, -0.15) is 11.8 Å². The van der Waals surface area contributed by atoms with E-state index in [1.165, 1.54) is 18.9 Å². The normalized spacial score (nSPS) is 10.1. The van der Waals surface area contributed by atoms with E-state index in [0.717, 1.165) is 0 Å². The van der Waals surface area contributed by atoms with Crippen molar-refractivity contribution in [3.05, 3.63) is 29.8 Å². The van der Waals surface area contributed by atoms with E-state index in [4.69, 9.17) is 0 Å². The lowest BCUT2D eigenvalue weighted by Gasteiger charge is -2.18. The predicted octanol–water partition coefficient (Wildman–Crippen LogP) is 2.40. The van der Waals surface area contributed by atoms with Crippen LogP contribution in [0, 0.1) is 0 Å². The Kier molecular flexibility index (Phi) is 8.93. The number of hydrogen-bond acceptors (Lipinski definition) is 5. The number of benzene rings is 1. The maximum atomic E-state index is 12.2. The van der Waals surface area contributed by atoms with Gasteiger partial charge in [0.15, 0.2) is 0 Å². The lowest BCUT2D eigenvalue weighted by molar-refractivity contribution is -0.140. The second-order valence-electron chi connectivity index (χ2n) is 4.98. The molecule has 7 heteroatoms. The number of methoxy groups -OCH3 is 1. The summed E-state index contributed by atoms with van der Waals surface area (Å²) in [4.78, 5) is 36.7. The molecule has 1 N–H and O–H groups in total. The Morgan fingerprint density at radius 3 is 2.29 bits per heavy atom. The molecule has 0 saturated heterocycles. The van der Waals surface area contributed by atoms with Crippen molar-refractivity contribution in [2.75, 3.05) is 37.0 Å². The molecular formula is C17H24N2O4S. The maximum Gasteiger partial charge on any atom is 0.306 e. The summed E-state index contributed by atoms with van der Waals surface area (Å²) in [5, 5.41) is 2.77. The SMILES string of the molecule is CCN(CC)C(=O)c1ccc(NC(=O)CSCCC(=O)OC)cc1. The molecule has 1 aromatic carbocycles. The number of carbonyl (C=O) groups is 3. The molecule has 0 unspecified atom stereocenters. The van der Waals surface area contributed by atoms with Gasteiger partial charge in [0.05, 0.1) is 19.3 Å². The van der Waals surface area contributed by atoms with E-state index in [0.29, 0.717) is 30.1 Å². The summed E-state index contributed by atoms with van der Waals surface area (Å²) in [6.07, 6.45) is 0.288. The number of rotatable bonds is 9. The number of anilines is 1. The van der Waals surface area contributed by atoms with Gasteiger partial charge in [-0.05, 0) is 38.1 Å². The van der Waals surface area contributed by atoms with Crippen LogP contribution in [0.15, 0.2) is 24.3 Å². The van der Waals surface area contributed by atoms with Gasteiger partial charge < -0.3 is 15.0 Å². The Hall–Kier alpha value is -2.02. The molecule has 2 amide bonds. The van der Waals surface area contributed by atoms with Gasteiger partial charge >= 0.3 is 5.97 Å². The molecule has 0 heterocycles. The molecule has 0 fully saturated rings. The number of ether oxygens (including phenoxy) is 1. The van der Waals surface area contributed by atoms with Gasteiger partial charge in [0, 0.05) is 30.1 Å². The molecule has 0 radical (unpaired) electrons. The van der Waals surface area contributed by atoms with Crippen LogP contribution in [0.4, 0.5) is 5.69 Å². The van der Waals surface area contributed by atoms with Gasteiger partial charge in [-0.1, -0.05) is 0 Å². The van der Waals surface area contributed by atoms with E-state index in [1.807, 2.05) is 13.8 Å². The monoisotopic (exact) mass is 352 g/mol. The first-order chi connectivity index (χ1) is 11.5. The number of esters is 1. The van der Waals surface area contributed by atoms with Gasteiger partial charge in [0.2, 0.25) is 5.91 Å². The molecule has 132 valence electrons. The maximum absolute atomic E-state index is 12.2. The summed E-state index contributed by atoms with van der Waals surface area (Å²) in [5.41, 5.74) is 1.24. The zero-order valence-corrected chi connectivity index (χ0v) is 15.1. The van der Waals surface area contributed by atoms with Crippen molar-refractivity contribution in [3.8, 4) is 0 Å². The Labute approximate surface area is 146 Å². The highest BCUT2D eigenvalue weighted by molar-refractivity contribution is 7.99. The standard InChI is InChI=1S/C17H24N2O4S/c1-4-19(5-2)17(22)13-6-8-14(9-7-13)18-15(20)12-24-11-10-16(21)23-3/h6-9H,4-5,10-12H2,1-3H3,(H,18,20). The lowest BCUT2D eigenvalue weighted by Crippen LogP contribution is -2.30. The average molecular weight is 352 g/mol. The van der Waals surface area contributed by atoms with E-state index in [2.05, 4.69) is 10.1 Å². The Morgan fingerprint density at radius 1 is 1.12 bits per heavy atom. The summed E-state index contributed by atoms with van der Waals surface area (Å²) in [6, 6.07) is 6.85. The highest BCUT2D eigenvalue weighted by Crippen LogP contribution is 2.13. The third-order valence-electron chi connectivity index (χ3n) is 3.38. The van der Waals surface area contributed by atoms with Crippen LogP contribution in [0.3, 0.4) is 0 Å². The minimum absolute atomic E-state index is 0.0174. The zero-order chi connectivity index (χ0) is 17.9. The second kappa shape index (κ2) is 10.7. The third-order valence-corrected chi connectivity index (χ3v) is 4.34. The highest BCUT2D eigenvalue weighted by atomic mass is 32.2. The van der Waals surface area contributed by atoms with Crippen molar-refractivity contribution in [1.82, 2.24) is 4.90 Å². The van der Waals surface area contributed by atoms with Gasteiger partial charge in [0.1, 0.15) is 0 Å². The Morgan fingerprint density at radius 2 is 1.75 bits per heavy atom. The molecule has 0 bridgehead atoms. The lowest BCUT2D eigenvalue weighted by atomic mass is 10.2. The minimum Gasteiger partial charge on any atom is -0.469 e. The number of hydrogen-bond donors (Lipinski definition) is 1. The quantitative estimate of drug-likeness (QED) is 0.546. The molecule has 0 spiro atoms. The van der Waals surface area contributed by atoms with Crippen LogP contribution in [-0.4, -0.2) is 54.4 Å². The molecule has 0 aliphatic carbocycles. The van der Waals surface area contributed by atoms with Crippen molar-refractivity contribution in [1.29, 1.82) is 0 Å². The van der Waals surface area contributed by atoms with Crippen LogP contribution in [0.5, 0.6) is 0 Å². The smallest absolute Gasteiger partial charge is 0.306 e. The molecular weight excluding hydrogens is 328 g/mol. The van der Waals surface area contributed by atoms with Crippen molar-refractivity contribution < 1.29 is 19.1 Å². The average Bonchev–Trinajstić information content (AvgIpc) is 2.60. The molecule has 6 nitrogen and oxygen atoms in total. The summed E-state index contributed by atoms with van der Waals surface area (Å²) in [6.45, 7) is 5.20. The summed E-state index contributed by atoms with van der Waals surface area (Å²) >= 11 is 1.37. The predicted molar refractivity (Wildman–Crippen MR) is 96.3 cm³/mol. The van der Waals surface area contributed by atoms with Crippen molar-refractivity contribution >= 4 is 35.2 Å². The van der Waals surface area contributed by atoms with Crippen molar-refractivity contribution in [3.63, 3.8) is 0 Å². The molecule has 0 saturated carbocycles. The van der Waals surface area contributed by atoms with Crippen LogP contribution in [0.1, 0.15) is 30.6 Å². The first-order valence-electron chi connectivity index (χ1n) is 7.85. The molecule has 0 aliphatic heterocycles. The van der Waals surface area contributed by atoms with Gasteiger partial charge in [-0.15, -0.1) is 0 Å². The summed E-state index contributed by atoms with van der Waals surface area (Å²) in [5.74, 6) is 0.356. The molecule has 0 atom stereocenters. The van der Waals surface area contributed by atoms with Crippen molar-refractivity contribution in [2.45, 2.75) is 20.3 Å². The van der Waals surface area contributed by atoms with Crippen LogP contribution >= 0.6 is 11.8 Å². The fraction of sp³-hybridized carbons (Fsp3) is 0.471. The second-order valence-corrected chi connectivity index (χ2v) is 6.09. The molecule has 24 heavy (non-hydrogen) atoms. The Bertz CT molecular complexity index is 556. The molecule has 0 aliphatic rings. The van der Waals surface area contributed by atoms with Gasteiger partial charge in [-0.3, -0.25) is 14.4 Å². The summed E-state index contributed by atoms with van der Waals surface area (Å²) in [7, 11) is 1.34. The highest BCUT2D eigenvalue weighted by Gasteiger charge is 2.12. The van der Waals surface area contributed by atoms with E-state index in [1.54, 1.807) is 29.2 Å². The van der Waals surface area contributed by atoms with Crippen LogP contribution in [-0.2, 0) is 14.3 Å². The van der Waals surface area contributed by atoms with E-state index >= 15 is 0 Å². The van der Waals surface area contributed by atoms with Gasteiger partial charge in [0.25, 0.3) is 5.91 Å². The number of nitrogens with one attached hydrogen (secondary N) is 1. The fourth-order valence-corrected chi connectivity index (χ4v) is 2.72. The minimum atomic E-state index is -0.281.